The van der Waals surface area contributed by atoms with Crippen molar-refractivity contribution in [3.8, 4) is 10.7 Å². The Hall–Kier alpha value is -1.51. The van der Waals surface area contributed by atoms with Crippen LogP contribution in [0.2, 0.25) is 0 Å². The minimum atomic E-state index is -0.775. The number of likely N-dealkylation sites (N-methyl/N-ethyl adjacent to an activating group) is 1. The lowest BCUT2D eigenvalue weighted by Gasteiger charge is -2.31. The van der Waals surface area contributed by atoms with Crippen LogP contribution in [0, 0.1) is 6.92 Å². The Labute approximate surface area is 156 Å². The number of thiophene rings is 1. The summed E-state index contributed by atoms with van der Waals surface area (Å²) in [7, 11) is 1.71. The van der Waals surface area contributed by atoms with Crippen LogP contribution in [0.4, 0.5) is 9.93 Å². The molecule has 0 unspecified atom stereocenters. The Balaban J connectivity index is 1.60. The van der Waals surface area contributed by atoms with Crippen LogP contribution in [0.1, 0.15) is 44.1 Å². The topological polar surface area (TPSA) is 78.4 Å². The van der Waals surface area contributed by atoms with E-state index in [1.54, 1.807) is 23.3 Å². The maximum atomic E-state index is 12.4. The number of carbonyl (C=O) groups is 1. The van der Waals surface area contributed by atoms with Gasteiger partial charge in [-0.1, -0.05) is 25.7 Å². The van der Waals surface area contributed by atoms with Crippen molar-refractivity contribution in [2.75, 3.05) is 18.9 Å². The summed E-state index contributed by atoms with van der Waals surface area (Å²) >= 11 is 2.77. The molecule has 0 atom stereocenters. The molecule has 0 aromatic carbocycles. The van der Waals surface area contributed by atoms with Crippen molar-refractivity contribution in [1.82, 2.24) is 14.3 Å². The maximum Gasteiger partial charge on any atom is 0.323 e. The third-order valence-electron chi connectivity index (χ3n) is 4.62. The van der Waals surface area contributed by atoms with Gasteiger partial charge in [0.15, 0.2) is 5.82 Å². The van der Waals surface area contributed by atoms with Crippen molar-refractivity contribution >= 4 is 34.0 Å². The largest absolute Gasteiger partial charge is 0.388 e. The first-order chi connectivity index (χ1) is 12.0. The monoisotopic (exact) mass is 380 g/mol. The predicted octanol–water partition coefficient (Wildman–Crippen LogP) is 4.12. The molecule has 2 heterocycles. The van der Waals surface area contributed by atoms with Crippen molar-refractivity contribution in [3.05, 3.63) is 17.0 Å². The highest BCUT2D eigenvalue weighted by Gasteiger charge is 2.31. The lowest BCUT2D eigenvalue weighted by molar-refractivity contribution is 0.00582. The van der Waals surface area contributed by atoms with Crippen LogP contribution in [-0.4, -0.2) is 44.6 Å². The molecule has 25 heavy (non-hydrogen) atoms. The third kappa shape index (κ3) is 4.56. The highest BCUT2D eigenvalue weighted by atomic mass is 32.1. The third-order valence-corrected chi connectivity index (χ3v) is 6.26. The Kier molecular flexibility index (Phi) is 5.71. The number of nitrogens with one attached hydrogen (secondary N) is 1. The van der Waals surface area contributed by atoms with E-state index in [2.05, 4.69) is 14.7 Å². The standard InChI is InChI=1S/C17H24N4O2S2/c1-12-7-10-24-13(12)14-18-15(25-20-14)19-16(22)21(2)11-17(23)8-5-3-4-6-9-17/h7,10,23H,3-6,8-9,11H2,1-2H3,(H,18,19,20,22). The Bertz CT molecular complexity index is 720. The Morgan fingerprint density at radius 1 is 1.36 bits per heavy atom. The zero-order chi connectivity index (χ0) is 17.9. The molecule has 2 N–H and O–H groups in total. The molecule has 0 saturated heterocycles. The molecule has 3 rings (SSSR count). The van der Waals surface area contributed by atoms with E-state index in [9.17, 15) is 9.90 Å². The molecule has 2 aromatic rings. The molecular formula is C17H24N4O2S2. The van der Waals surface area contributed by atoms with E-state index < -0.39 is 5.60 Å². The SMILES string of the molecule is Cc1ccsc1-c1nsc(NC(=O)N(C)CC2(O)CCCCCC2)n1. The minimum Gasteiger partial charge on any atom is -0.388 e. The molecule has 1 aliphatic carbocycles. The molecule has 2 amide bonds. The van der Waals surface area contributed by atoms with E-state index in [0.717, 1.165) is 49.0 Å². The molecule has 0 spiro atoms. The molecule has 0 bridgehead atoms. The summed E-state index contributed by atoms with van der Waals surface area (Å²) < 4.78 is 4.33. The van der Waals surface area contributed by atoms with Crippen LogP contribution in [0.15, 0.2) is 11.4 Å². The summed E-state index contributed by atoms with van der Waals surface area (Å²) in [5.41, 5.74) is 0.358. The number of rotatable bonds is 4. The van der Waals surface area contributed by atoms with Gasteiger partial charge in [0.05, 0.1) is 17.0 Å². The number of anilines is 1. The van der Waals surface area contributed by atoms with Crippen LogP contribution in [-0.2, 0) is 0 Å². The number of aryl methyl sites for hydroxylation is 1. The van der Waals surface area contributed by atoms with Crippen LogP contribution in [0.3, 0.4) is 0 Å². The second kappa shape index (κ2) is 7.80. The summed E-state index contributed by atoms with van der Waals surface area (Å²) in [6, 6.07) is 1.77. The van der Waals surface area contributed by atoms with Gasteiger partial charge in [0.2, 0.25) is 5.13 Å². The number of aromatic nitrogens is 2. The van der Waals surface area contributed by atoms with Crippen LogP contribution in [0.5, 0.6) is 0 Å². The summed E-state index contributed by atoms with van der Waals surface area (Å²) in [6.45, 7) is 2.36. The van der Waals surface area contributed by atoms with E-state index in [1.807, 2.05) is 18.4 Å². The van der Waals surface area contributed by atoms with Gasteiger partial charge in [0.25, 0.3) is 0 Å². The number of nitrogens with zero attached hydrogens (tertiary/aromatic N) is 3. The second-order valence-corrected chi connectivity index (χ2v) is 8.45. The smallest absolute Gasteiger partial charge is 0.323 e. The second-order valence-electron chi connectivity index (χ2n) is 6.78. The van der Waals surface area contributed by atoms with Gasteiger partial charge in [-0.3, -0.25) is 5.32 Å². The van der Waals surface area contributed by atoms with Gasteiger partial charge in [0, 0.05) is 18.6 Å². The first-order valence-corrected chi connectivity index (χ1v) is 10.2. The van der Waals surface area contributed by atoms with Gasteiger partial charge in [-0.2, -0.15) is 9.36 Å². The summed E-state index contributed by atoms with van der Waals surface area (Å²) in [6.07, 6.45) is 5.87. The molecule has 0 radical (unpaired) electrons. The van der Waals surface area contributed by atoms with Crippen LogP contribution in [0.25, 0.3) is 10.7 Å². The minimum absolute atomic E-state index is 0.261. The normalized spacial score (nSPS) is 17.1. The number of aliphatic hydroxyl groups is 1. The van der Waals surface area contributed by atoms with E-state index in [0.29, 0.717) is 17.5 Å². The number of urea groups is 1. The molecule has 1 fully saturated rings. The van der Waals surface area contributed by atoms with Gasteiger partial charge < -0.3 is 10.0 Å². The maximum absolute atomic E-state index is 12.4. The van der Waals surface area contributed by atoms with Gasteiger partial charge in [0.1, 0.15) is 0 Å². The fourth-order valence-corrected chi connectivity index (χ4v) is 4.70. The van der Waals surface area contributed by atoms with E-state index in [-0.39, 0.29) is 6.03 Å². The molecule has 1 saturated carbocycles. The van der Waals surface area contributed by atoms with Gasteiger partial charge in [-0.15, -0.1) is 11.3 Å². The summed E-state index contributed by atoms with van der Waals surface area (Å²) in [5, 5.41) is 16.0. The average molecular weight is 381 g/mol. The van der Waals surface area contributed by atoms with Gasteiger partial charge >= 0.3 is 6.03 Å². The quantitative estimate of drug-likeness (QED) is 0.782. The molecule has 136 valence electrons. The number of hydrogen-bond donors (Lipinski definition) is 2. The molecule has 0 aliphatic heterocycles. The molecule has 6 nitrogen and oxygen atoms in total. The van der Waals surface area contributed by atoms with E-state index in [4.69, 9.17) is 0 Å². The lowest BCUT2D eigenvalue weighted by Crippen LogP contribution is -2.45. The highest BCUT2D eigenvalue weighted by molar-refractivity contribution is 7.14. The van der Waals surface area contributed by atoms with Crippen molar-refractivity contribution in [3.63, 3.8) is 0 Å². The molecular weight excluding hydrogens is 356 g/mol. The molecule has 1 aliphatic rings. The fourth-order valence-electron chi connectivity index (χ4n) is 3.21. The predicted molar refractivity (Wildman–Crippen MR) is 102 cm³/mol. The van der Waals surface area contributed by atoms with E-state index in [1.165, 1.54) is 11.5 Å². The van der Waals surface area contributed by atoms with Gasteiger partial charge in [-0.25, -0.2) is 4.79 Å². The summed E-state index contributed by atoms with van der Waals surface area (Å²) in [5.74, 6) is 0.651. The van der Waals surface area contributed by atoms with Gasteiger partial charge in [-0.05, 0) is 36.8 Å². The molecule has 8 heteroatoms. The number of amides is 2. The van der Waals surface area contributed by atoms with E-state index >= 15 is 0 Å². The number of carbonyl (C=O) groups excluding carboxylic acids is 1. The molecule has 2 aromatic heterocycles. The zero-order valence-corrected chi connectivity index (χ0v) is 16.3. The zero-order valence-electron chi connectivity index (χ0n) is 14.6. The van der Waals surface area contributed by atoms with Crippen LogP contribution >= 0.6 is 22.9 Å². The Morgan fingerprint density at radius 3 is 2.72 bits per heavy atom. The number of hydrogen-bond acceptors (Lipinski definition) is 6. The summed E-state index contributed by atoms with van der Waals surface area (Å²) in [4.78, 5) is 19.4. The van der Waals surface area contributed by atoms with Crippen molar-refractivity contribution in [1.29, 1.82) is 0 Å². The Morgan fingerprint density at radius 2 is 2.08 bits per heavy atom. The van der Waals surface area contributed by atoms with Crippen molar-refractivity contribution < 1.29 is 9.90 Å². The average Bonchev–Trinajstić information content (AvgIpc) is 3.13. The van der Waals surface area contributed by atoms with Crippen LogP contribution < -0.4 is 5.32 Å². The first-order valence-electron chi connectivity index (χ1n) is 8.59. The first kappa shape index (κ1) is 18.3. The fraction of sp³-hybridized carbons (Fsp3) is 0.588. The van der Waals surface area contributed by atoms with Crippen molar-refractivity contribution in [2.24, 2.45) is 0 Å². The van der Waals surface area contributed by atoms with Crippen molar-refractivity contribution in [2.45, 2.75) is 51.0 Å². The lowest BCUT2D eigenvalue weighted by atomic mass is 9.94. The highest BCUT2D eigenvalue weighted by Crippen LogP contribution is 2.30.